The van der Waals surface area contributed by atoms with E-state index in [4.69, 9.17) is 9.47 Å². The summed E-state index contributed by atoms with van der Waals surface area (Å²) >= 11 is 1.41. The van der Waals surface area contributed by atoms with E-state index in [2.05, 4.69) is 12.2 Å². The van der Waals surface area contributed by atoms with Crippen molar-refractivity contribution in [2.75, 3.05) is 18.5 Å². The smallest absolute Gasteiger partial charge is 0.355 e. The number of ether oxygens (including phenoxy) is 2. The summed E-state index contributed by atoms with van der Waals surface area (Å²) in [5, 5.41) is 3.20. The number of carbonyl (C=O) groups excluding carboxylic acids is 3. The summed E-state index contributed by atoms with van der Waals surface area (Å²) in [7, 11) is 1.72. The Hall–Kier alpha value is -2.61. The minimum absolute atomic E-state index is 0.265. The third-order valence-corrected chi connectivity index (χ3v) is 5.90. The maximum atomic E-state index is 12.5. The number of esters is 2. The molecule has 1 atom stereocenters. The molecule has 0 saturated heterocycles. The second kappa shape index (κ2) is 8.60. The molecule has 1 amide bonds. The molecule has 2 heterocycles. The van der Waals surface area contributed by atoms with Crippen molar-refractivity contribution in [2.24, 2.45) is 13.0 Å². The number of anilines is 1. The summed E-state index contributed by atoms with van der Waals surface area (Å²) < 4.78 is 11.9. The second-order valence-corrected chi connectivity index (χ2v) is 8.01. The van der Waals surface area contributed by atoms with Crippen LogP contribution in [0.1, 0.15) is 51.6 Å². The molecule has 1 unspecified atom stereocenters. The highest BCUT2D eigenvalue weighted by Gasteiger charge is 2.29. The van der Waals surface area contributed by atoms with Crippen molar-refractivity contribution in [3.8, 4) is 0 Å². The van der Waals surface area contributed by atoms with Crippen molar-refractivity contribution < 1.29 is 23.9 Å². The van der Waals surface area contributed by atoms with Crippen LogP contribution in [-0.4, -0.2) is 35.6 Å². The van der Waals surface area contributed by atoms with Gasteiger partial charge >= 0.3 is 11.9 Å². The van der Waals surface area contributed by atoms with Crippen molar-refractivity contribution in [1.82, 2.24) is 4.57 Å². The zero-order valence-electron chi connectivity index (χ0n) is 16.2. The number of amides is 1. The van der Waals surface area contributed by atoms with E-state index in [1.807, 2.05) is 0 Å². The van der Waals surface area contributed by atoms with Crippen LogP contribution in [0.4, 0.5) is 5.00 Å². The number of rotatable bonds is 6. The van der Waals surface area contributed by atoms with Gasteiger partial charge in [-0.2, -0.15) is 0 Å². The van der Waals surface area contributed by atoms with Gasteiger partial charge in [-0.1, -0.05) is 6.92 Å². The van der Waals surface area contributed by atoms with Gasteiger partial charge in [-0.3, -0.25) is 4.79 Å². The monoisotopic (exact) mass is 404 g/mol. The number of hydrogen-bond donors (Lipinski definition) is 1. The number of aryl methyl sites for hydroxylation is 1. The van der Waals surface area contributed by atoms with E-state index in [-0.39, 0.29) is 6.61 Å². The fourth-order valence-electron chi connectivity index (χ4n) is 3.30. The Morgan fingerprint density at radius 1 is 1.29 bits per heavy atom. The molecule has 7 nitrogen and oxygen atoms in total. The number of nitrogens with one attached hydrogen (secondary N) is 1. The maximum Gasteiger partial charge on any atom is 0.355 e. The summed E-state index contributed by atoms with van der Waals surface area (Å²) in [6.07, 6.45) is 4.39. The number of nitrogens with zero attached hydrogens (tertiary/aromatic N) is 1. The van der Waals surface area contributed by atoms with E-state index in [0.717, 1.165) is 29.7 Å². The molecule has 0 fully saturated rings. The van der Waals surface area contributed by atoms with Crippen LogP contribution < -0.4 is 5.32 Å². The summed E-state index contributed by atoms with van der Waals surface area (Å²) in [4.78, 5) is 38.0. The summed E-state index contributed by atoms with van der Waals surface area (Å²) in [5.41, 5.74) is 1.77. The number of fused-ring (bicyclic) bond motifs is 1. The SMILES string of the molecule is CCOC(=O)c1c(NC(=O)COC(=O)c2cccn2C)sc2c1CCC(C)C2. The predicted octanol–water partition coefficient (Wildman–Crippen LogP) is 3.18. The molecule has 28 heavy (non-hydrogen) atoms. The Balaban J connectivity index is 1.72. The minimum atomic E-state index is -0.576. The highest BCUT2D eigenvalue weighted by atomic mass is 32.1. The van der Waals surface area contributed by atoms with E-state index in [1.54, 1.807) is 36.9 Å². The summed E-state index contributed by atoms with van der Waals surface area (Å²) in [5.74, 6) is -0.950. The molecule has 0 aliphatic heterocycles. The molecule has 3 rings (SSSR count). The topological polar surface area (TPSA) is 86.6 Å². The first-order chi connectivity index (χ1) is 13.4. The van der Waals surface area contributed by atoms with E-state index >= 15 is 0 Å². The van der Waals surface area contributed by atoms with Gasteiger partial charge in [-0.25, -0.2) is 9.59 Å². The zero-order valence-corrected chi connectivity index (χ0v) is 17.1. The van der Waals surface area contributed by atoms with Gasteiger partial charge in [0, 0.05) is 18.1 Å². The summed E-state index contributed by atoms with van der Waals surface area (Å²) in [6.45, 7) is 3.76. The quantitative estimate of drug-likeness (QED) is 0.747. The van der Waals surface area contributed by atoms with Crippen LogP contribution in [-0.2, 0) is 34.2 Å². The van der Waals surface area contributed by atoms with Crippen LogP contribution in [0.25, 0.3) is 0 Å². The molecule has 2 aromatic heterocycles. The lowest BCUT2D eigenvalue weighted by Crippen LogP contribution is -2.22. The molecule has 0 radical (unpaired) electrons. The predicted molar refractivity (Wildman–Crippen MR) is 106 cm³/mol. The van der Waals surface area contributed by atoms with Crippen LogP contribution >= 0.6 is 11.3 Å². The van der Waals surface area contributed by atoms with Gasteiger partial charge in [0.25, 0.3) is 5.91 Å². The Labute approximate surface area is 167 Å². The lowest BCUT2D eigenvalue weighted by molar-refractivity contribution is -0.119. The number of carbonyl (C=O) groups is 3. The largest absolute Gasteiger partial charge is 0.462 e. The number of aromatic nitrogens is 1. The minimum Gasteiger partial charge on any atom is -0.462 e. The fraction of sp³-hybridized carbons (Fsp3) is 0.450. The van der Waals surface area contributed by atoms with Crippen LogP contribution in [0, 0.1) is 5.92 Å². The normalized spacial score (nSPS) is 15.6. The first kappa shape index (κ1) is 20.1. The molecule has 0 spiro atoms. The van der Waals surface area contributed by atoms with Crippen LogP contribution in [0.15, 0.2) is 18.3 Å². The fourth-order valence-corrected chi connectivity index (χ4v) is 4.71. The first-order valence-corrected chi connectivity index (χ1v) is 10.1. The molecule has 1 aliphatic rings. The molecule has 0 saturated carbocycles. The Morgan fingerprint density at radius 2 is 2.07 bits per heavy atom. The van der Waals surface area contributed by atoms with Gasteiger partial charge in [0.05, 0.1) is 12.2 Å². The van der Waals surface area contributed by atoms with Gasteiger partial charge < -0.3 is 19.4 Å². The average molecular weight is 404 g/mol. The molecule has 8 heteroatoms. The molecule has 1 aliphatic carbocycles. The van der Waals surface area contributed by atoms with Crippen LogP contribution in [0.2, 0.25) is 0 Å². The lowest BCUT2D eigenvalue weighted by Gasteiger charge is -2.18. The standard InChI is InChI=1S/C20H24N2O5S/c1-4-26-20(25)17-13-8-7-12(2)10-15(13)28-18(17)21-16(23)11-27-19(24)14-6-5-9-22(14)3/h5-6,9,12H,4,7-8,10-11H2,1-3H3,(H,21,23). The van der Waals surface area contributed by atoms with Gasteiger partial charge in [-0.15, -0.1) is 11.3 Å². The molecule has 0 bridgehead atoms. The lowest BCUT2D eigenvalue weighted by atomic mass is 9.88. The average Bonchev–Trinajstić information content (AvgIpc) is 3.22. The molecule has 0 aromatic carbocycles. The molecular weight excluding hydrogens is 380 g/mol. The molecule has 150 valence electrons. The van der Waals surface area contributed by atoms with Crippen LogP contribution in [0.5, 0.6) is 0 Å². The van der Waals surface area contributed by atoms with Crippen molar-refractivity contribution >= 4 is 34.2 Å². The highest BCUT2D eigenvalue weighted by molar-refractivity contribution is 7.17. The number of thiophene rings is 1. The summed E-state index contributed by atoms with van der Waals surface area (Å²) in [6, 6.07) is 3.34. The van der Waals surface area contributed by atoms with Gasteiger partial charge in [-0.05, 0) is 49.8 Å². The molecule has 2 aromatic rings. The van der Waals surface area contributed by atoms with Crippen molar-refractivity contribution in [1.29, 1.82) is 0 Å². The van der Waals surface area contributed by atoms with E-state index in [0.29, 0.717) is 22.2 Å². The highest BCUT2D eigenvalue weighted by Crippen LogP contribution is 2.40. The number of hydrogen-bond acceptors (Lipinski definition) is 6. The van der Waals surface area contributed by atoms with Gasteiger partial charge in [0.15, 0.2) is 6.61 Å². The Kier molecular flexibility index (Phi) is 6.18. The second-order valence-electron chi connectivity index (χ2n) is 6.90. The molecular formula is C20H24N2O5S. The Bertz CT molecular complexity index is 899. The Morgan fingerprint density at radius 3 is 2.75 bits per heavy atom. The maximum absolute atomic E-state index is 12.5. The van der Waals surface area contributed by atoms with Crippen molar-refractivity contribution in [3.05, 3.63) is 40.0 Å². The van der Waals surface area contributed by atoms with Gasteiger partial charge in [0.2, 0.25) is 0 Å². The van der Waals surface area contributed by atoms with E-state index in [1.165, 1.54) is 11.3 Å². The van der Waals surface area contributed by atoms with Crippen molar-refractivity contribution in [3.63, 3.8) is 0 Å². The van der Waals surface area contributed by atoms with Crippen molar-refractivity contribution in [2.45, 2.75) is 33.1 Å². The van der Waals surface area contributed by atoms with Crippen LogP contribution in [0.3, 0.4) is 0 Å². The zero-order chi connectivity index (χ0) is 20.3. The van der Waals surface area contributed by atoms with E-state index < -0.39 is 24.5 Å². The first-order valence-electron chi connectivity index (χ1n) is 9.30. The van der Waals surface area contributed by atoms with E-state index in [9.17, 15) is 14.4 Å². The third kappa shape index (κ3) is 4.27. The molecule has 1 N–H and O–H groups in total. The van der Waals surface area contributed by atoms with Gasteiger partial charge in [0.1, 0.15) is 10.7 Å². The third-order valence-electron chi connectivity index (χ3n) is 4.73.